The van der Waals surface area contributed by atoms with Crippen LogP contribution in [0.15, 0.2) is 70.0 Å². The summed E-state index contributed by atoms with van der Waals surface area (Å²) in [6, 6.07) is 16.4. The zero-order valence-electron chi connectivity index (χ0n) is 19.1. The lowest BCUT2D eigenvalue weighted by molar-refractivity contribution is -0.104. The fourth-order valence-electron chi connectivity index (χ4n) is 2.74. The summed E-state index contributed by atoms with van der Waals surface area (Å²) in [7, 11) is 3.22. The average molecular weight is 567 g/mol. The van der Waals surface area contributed by atoms with E-state index in [1.165, 1.54) is 31.0 Å². The first-order chi connectivity index (χ1) is 16.4. The van der Waals surface area contributed by atoms with Crippen molar-refractivity contribution in [1.29, 1.82) is 0 Å². The van der Waals surface area contributed by atoms with Crippen LogP contribution in [0.4, 0.5) is 15.8 Å². The summed E-state index contributed by atoms with van der Waals surface area (Å²) in [6.07, 6.45) is 3.69. The number of benzene rings is 3. The topological polar surface area (TPSA) is 47.6 Å². The number of anilines is 2. The van der Waals surface area contributed by atoms with E-state index >= 15 is 0 Å². The first kappa shape index (κ1) is 27.9. The van der Waals surface area contributed by atoms with E-state index in [-0.39, 0.29) is 5.82 Å². The Kier molecular flexibility index (Phi) is 12.2. The molecular weight excluding hydrogens is 541 g/mol. The maximum Gasteiger partial charge on any atom is 0.143 e. The Morgan fingerprint density at radius 2 is 1.82 bits per heavy atom. The van der Waals surface area contributed by atoms with Crippen LogP contribution in [0.3, 0.4) is 0 Å². The van der Waals surface area contributed by atoms with Crippen molar-refractivity contribution in [2.75, 3.05) is 26.1 Å². The van der Waals surface area contributed by atoms with Crippen LogP contribution in [0.25, 0.3) is 6.08 Å². The molecule has 0 bridgehead atoms. The minimum atomic E-state index is -0.358. The zero-order valence-corrected chi connectivity index (χ0v) is 22.3. The Labute approximate surface area is 217 Å². The molecule has 3 aromatic carbocycles. The van der Waals surface area contributed by atoms with Crippen LogP contribution < -0.4 is 10.1 Å². The molecule has 180 valence electrons. The van der Waals surface area contributed by atoms with Gasteiger partial charge in [0.15, 0.2) is 0 Å². The van der Waals surface area contributed by atoms with Gasteiger partial charge in [0.05, 0.1) is 17.8 Å². The molecule has 0 aliphatic rings. The molecule has 0 aromatic heterocycles. The Morgan fingerprint density at radius 1 is 1.12 bits per heavy atom. The van der Waals surface area contributed by atoms with Crippen LogP contribution in [-0.4, -0.2) is 27.1 Å². The number of carbonyl (C=O) groups is 1. The number of hydrogen-bond acceptors (Lipinski definition) is 5. The molecule has 4 nitrogen and oxygen atoms in total. The Hall–Kier alpha value is -2.32. The number of aldehydes is 1. The van der Waals surface area contributed by atoms with Crippen LogP contribution in [0, 0.1) is 5.82 Å². The molecule has 3 rings (SSSR count). The first-order valence-electron chi connectivity index (χ1n) is 10.3. The summed E-state index contributed by atoms with van der Waals surface area (Å²) in [5, 5.41) is 3.65. The largest absolute Gasteiger partial charge is 0.495 e. The van der Waals surface area contributed by atoms with Crippen LogP contribution in [-0.2, 0) is 15.3 Å². The molecule has 3 aromatic rings. The van der Waals surface area contributed by atoms with Crippen LogP contribution >= 0.6 is 39.3 Å². The van der Waals surface area contributed by atoms with Crippen molar-refractivity contribution in [2.45, 2.75) is 17.6 Å². The number of allylic oxidation sites excluding steroid dienone is 1. The number of halogens is 3. The highest BCUT2D eigenvalue weighted by molar-refractivity contribution is 9.10. The normalized spacial score (nSPS) is 10.5. The molecule has 0 saturated carbocycles. The summed E-state index contributed by atoms with van der Waals surface area (Å²) in [6.45, 7) is 2.78. The van der Waals surface area contributed by atoms with Crippen LogP contribution in [0.5, 0.6) is 5.75 Å². The van der Waals surface area contributed by atoms with Crippen molar-refractivity contribution in [3.05, 3.63) is 87.1 Å². The molecule has 0 aliphatic heterocycles. The summed E-state index contributed by atoms with van der Waals surface area (Å²) < 4.78 is 25.5. The van der Waals surface area contributed by atoms with Gasteiger partial charge in [0.1, 0.15) is 17.9 Å². The van der Waals surface area contributed by atoms with Gasteiger partial charge in [-0.25, -0.2) is 4.39 Å². The van der Waals surface area contributed by atoms with E-state index in [4.69, 9.17) is 16.3 Å². The maximum atomic E-state index is 14.9. The number of thioether (sulfide) groups is 1. The van der Waals surface area contributed by atoms with Crippen LogP contribution in [0.2, 0.25) is 5.02 Å². The highest BCUT2D eigenvalue weighted by Crippen LogP contribution is 2.38. The van der Waals surface area contributed by atoms with Crippen molar-refractivity contribution < 1.29 is 18.7 Å². The predicted octanol–water partition coefficient (Wildman–Crippen LogP) is 8.15. The summed E-state index contributed by atoms with van der Waals surface area (Å²) in [4.78, 5) is 11.4. The fraction of sp³-hybridized carbons (Fsp3) is 0.192. The molecule has 0 amide bonds. The Balaban J connectivity index is 0.000000945. The van der Waals surface area contributed by atoms with Gasteiger partial charge in [-0.05, 0) is 70.4 Å². The van der Waals surface area contributed by atoms with Crippen molar-refractivity contribution in [1.82, 2.24) is 0 Å². The minimum Gasteiger partial charge on any atom is -0.495 e. The number of methoxy groups -OCH3 is 2. The van der Waals surface area contributed by atoms with E-state index in [0.717, 1.165) is 12.2 Å². The van der Waals surface area contributed by atoms with Gasteiger partial charge < -0.3 is 14.8 Å². The third kappa shape index (κ3) is 8.47. The minimum absolute atomic E-state index is 0.358. The van der Waals surface area contributed by atoms with Gasteiger partial charge in [-0.3, -0.25) is 4.79 Å². The molecule has 0 radical (unpaired) electrons. The van der Waals surface area contributed by atoms with Gasteiger partial charge in [0.25, 0.3) is 0 Å². The average Bonchev–Trinajstić information content (AvgIpc) is 2.85. The lowest BCUT2D eigenvalue weighted by Gasteiger charge is -2.16. The fourth-order valence-corrected chi connectivity index (χ4v) is 4.15. The van der Waals surface area contributed by atoms with Crippen molar-refractivity contribution in [3.8, 4) is 5.75 Å². The van der Waals surface area contributed by atoms with Gasteiger partial charge in [-0.1, -0.05) is 41.9 Å². The summed E-state index contributed by atoms with van der Waals surface area (Å²) in [5.41, 5.74) is 2.84. The van der Waals surface area contributed by atoms with E-state index in [1.807, 2.05) is 37.3 Å². The van der Waals surface area contributed by atoms with Gasteiger partial charge in [0, 0.05) is 34.5 Å². The zero-order chi connectivity index (χ0) is 24.9. The van der Waals surface area contributed by atoms with Gasteiger partial charge in [0.2, 0.25) is 0 Å². The number of nitrogens with one attached hydrogen (secondary N) is 1. The number of carbonyl (C=O) groups excluding carboxylic acids is 1. The second-order valence-electron chi connectivity index (χ2n) is 6.81. The van der Waals surface area contributed by atoms with E-state index in [1.54, 1.807) is 31.4 Å². The third-order valence-electron chi connectivity index (χ3n) is 4.50. The summed E-state index contributed by atoms with van der Waals surface area (Å²) in [5.74, 6) is 0.820. The van der Waals surface area contributed by atoms with E-state index < -0.39 is 0 Å². The van der Waals surface area contributed by atoms with Gasteiger partial charge in [-0.15, -0.1) is 11.8 Å². The molecule has 0 saturated heterocycles. The highest BCUT2D eigenvalue weighted by atomic mass is 79.9. The standard InChI is InChI=1S/C23H18BrClFNO2S.C3H8O/c1-29-22-11-17(24)18(25)12-21(22)27-20-13-19(26)23(10-16(20)8-5-9-28)30-14-15-6-3-2-4-7-15;1-3-4-2/h2-13,27H,14H2,1H3;3H2,1-2H3/b8-5+;. The highest BCUT2D eigenvalue weighted by Gasteiger charge is 2.13. The first-order valence-corrected chi connectivity index (χ1v) is 12.5. The molecule has 0 atom stereocenters. The van der Waals surface area contributed by atoms with E-state index in [9.17, 15) is 9.18 Å². The van der Waals surface area contributed by atoms with Gasteiger partial charge in [-0.2, -0.15) is 0 Å². The second kappa shape index (κ2) is 14.8. The van der Waals surface area contributed by atoms with E-state index in [0.29, 0.717) is 49.1 Å². The monoisotopic (exact) mass is 565 g/mol. The molecule has 0 unspecified atom stereocenters. The van der Waals surface area contributed by atoms with E-state index in [2.05, 4.69) is 26.0 Å². The Bertz CT molecular complexity index is 1110. The third-order valence-corrected chi connectivity index (χ3v) is 6.79. The lowest BCUT2D eigenvalue weighted by Crippen LogP contribution is -1.99. The Morgan fingerprint density at radius 3 is 2.44 bits per heavy atom. The second-order valence-corrected chi connectivity index (χ2v) is 9.09. The van der Waals surface area contributed by atoms with Crippen molar-refractivity contribution in [2.24, 2.45) is 0 Å². The quantitative estimate of drug-likeness (QED) is 0.161. The smallest absolute Gasteiger partial charge is 0.143 e. The molecular formula is C26H26BrClFNO3S. The molecule has 1 N–H and O–H groups in total. The van der Waals surface area contributed by atoms with Crippen molar-refractivity contribution >= 4 is 63.0 Å². The SMILES string of the molecule is CCOC.COc1cc(Br)c(Cl)cc1Nc1cc(F)c(SCc2ccccc2)cc1/C=C/C=O. The summed E-state index contributed by atoms with van der Waals surface area (Å²) >= 11 is 11.0. The maximum absolute atomic E-state index is 14.9. The van der Waals surface area contributed by atoms with Gasteiger partial charge >= 0.3 is 0 Å². The molecule has 0 fully saturated rings. The number of ether oxygens (including phenoxy) is 2. The molecule has 0 aliphatic carbocycles. The molecule has 34 heavy (non-hydrogen) atoms. The predicted molar refractivity (Wildman–Crippen MR) is 144 cm³/mol. The molecule has 0 spiro atoms. The molecule has 8 heteroatoms. The van der Waals surface area contributed by atoms with Crippen molar-refractivity contribution in [3.63, 3.8) is 0 Å². The number of rotatable bonds is 9. The number of hydrogen-bond donors (Lipinski definition) is 1. The lowest BCUT2D eigenvalue weighted by atomic mass is 10.1. The van der Waals surface area contributed by atoms with Crippen LogP contribution in [0.1, 0.15) is 18.1 Å². The molecule has 0 heterocycles.